The SMILES string of the molecule is O=[S+]c1cc(F)cc(C[C@H](NC(=O)c2c(Cl)cc3c(c2Cl)CCN(C(=O)c2ccc(Cl)cc2)C3)C(=O)O)c1. The highest BCUT2D eigenvalue weighted by molar-refractivity contribution is 7.65. The fourth-order valence-corrected chi connectivity index (χ4v) is 5.51. The predicted octanol–water partition coefficient (Wildman–Crippen LogP) is 5.20. The number of halogens is 4. The summed E-state index contributed by atoms with van der Waals surface area (Å²) in [5, 5.41) is 12.6. The van der Waals surface area contributed by atoms with Gasteiger partial charge in [-0.1, -0.05) is 34.8 Å². The summed E-state index contributed by atoms with van der Waals surface area (Å²) >= 11 is 19.0. The predicted molar refractivity (Wildman–Crippen MR) is 142 cm³/mol. The summed E-state index contributed by atoms with van der Waals surface area (Å²) in [6, 6.07) is 10.1. The molecule has 12 heteroatoms. The van der Waals surface area contributed by atoms with Crippen LogP contribution in [-0.2, 0) is 40.1 Å². The lowest BCUT2D eigenvalue weighted by Crippen LogP contribution is -2.42. The number of hydrogen-bond donors (Lipinski definition) is 2. The van der Waals surface area contributed by atoms with Crippen molar-refractivity contribution in [3.05, 3.63) is 97.2 Å². The maximum absolute atomic E-state index is 13.8. The number of amides is 2. The second-order valence-electron chi connectivity index (χ2n) is 8.62. The first-order valence-corrected chi connectivity index (χ1v) is 13.1. The van der Waals surface area contributed by atoms with Crippen LogP contribution in [-0.4, -0.2) is 40.4 Å². The van der Waals surface area contributed by atoms with E-state index in [1.807, 2.05) is 0 Å². The quantitative estimate of drug-likeness (QED) is 0.365. The van der Waals surface area contributed by atoms with Crippen LogP contribution in [0.1, 0.15) is 37.4 Å². The van der Waals surface area contributed by atoms with Gasteiger partial charge in [-0.05, 0) is 59.5 Å². The standard InChI is InChI=1S/C26H18Cl3FN2O5S/c27-16-3-1-14(2-4-16)25(34)32-6-5-19-15(12-32)10-20(28)22(23(19)29)24(33)31-21(26(35)36)9-13-7-17(30)11-18(8-13)38-37/h1-4,7-8,10-11,21H,5-6,9,12H2,(H-,31,33,35,36)/p+1/t21-/m0/s1. The van der Waals surface area contributed by atoms with Gasteiger partial charge in [-0.2, -0.15) is 0 Å². The third-order valence-corrected chi connectivity index (χ3v) is 7.48. The van der Waals surface area contributed by atoms with E-state index in [-0.39, 0.29) is 56.6 Å². The number of nitrogens with one attached hydrogen (secondary N) is 1. The van der Waals surface area contributed by atoms with E-state index in [0.29, 0.717) is 34.7 Å². The van der Waals surface area contributed by atoms with E-state index in [1.165, 1.54) is 6.07 Å². The minimum absolute atomic E-state index is 0.00743. The van der Waals surface area contributed by atoms with Crippen molar-refractivity contribution >= 4 is 64.3 Å². The summed E-state index contributed by atoms with van der Waals surface area (Å²) < 4.78 is 24.9. The van der Waals surface area contributed by atoms with E-state index in [0.717, 1.165) is 12.1 Å². The summed E-state index contributed by atoms with van der Waals surface area (Å²) in [4.78, 5) is 39.6. The minimum Gasteiger partial charge on any atom is -0.480 e. The van der Waals surface area contributed by atoms with Gasteiger partial charge in [-0.25, -0.2) is 9.18 Å². The molecule has 0 unspecified atom stereocenters. The van der Waals surface area contributed by atoms with Gasteiger partial charge >= 0.3 is 17.6 Å². The number of carbonyl (C=O) groups is 3. The maximum atomic E-state index is 13.8. The van der Waals surface area contributed by atoms with Crippen molar-refractivity contribution in [1.82, 2.24) is 10.2 Å². The zero-order chi connectivity index (χ0) is 27.6. The number of carboxylic acid groups (broad SMARTS) is 1. The molecule has 0 fully saturated rings. The van der Waals surface area contributed by atoms with Gasteiger partial charge < -0.3 is 15.3 Å². The molecule has 0 aromatic heterocycles. The number of carboxylic acids is 1. The Bertz CT molecular complexity index is 1450. The monoisotopic (exact) mass is 595 g/mol. The van der Waals surface area contributed by atoms with E-state index >= 15 is 0 Å². The second kappa shape index (κ2) is 11.7. The number of nitrogens with zero attached hydrogens (tertiary/aromatic N) is 1. The zero-order valence-corrected chi connectivity index (χ0v) is 22.6. The van der Waals surface area contributed by atoms with Crippen molar-refractivity contribution in [2.24, 2.45) is 0 Å². The topological polar surface area (TPSA) is 104 Å². The third kappa shape index (κ3) is 6.13. The molecule has 38 heavy (non-hydrogen) atoms. The molecule has 0 saturated heterocycles. The second-order valence-corrected chi connectivity index (χ2v) is 10.5. The fraction of sp³-hybridized carbons (Fsp3) is 0.192. The number of hydrogen-bond acceptors (Lipinski definition) is 4. The van der Waals surface area contributed by atoms with Gasteiger partial charge in [0.1, 0.15) is 11.9 Å². The molecule has 4 rings (SSSR count). The lowest BCUT2D eigenvalue weighted by atomic mass is 9.95. The lowest BCUT2D eigenvalue weighted by Gasteiger charge is -2.30. The average Bonchev–Trinajstić information content (AvgIpc) is 2.87. The van der Waals surface area contributed by atoms with Crippen LogP contribution in [0.3, 0.4) is 0 Å². The molecular formula is C26H19Cl3FN2O5S+. The van der Waals surface area contributed by atoms with Crippen LogP contribution in [0.2, 0.25) is 15.1 Å². The summed E-state index contributed by atoms with van der Waals surface area (Å²) in [6.07, 6.45) is 0.0839. The van der Waals surface area contributed by atoms with Crippen LogP contribution in [0.15, 0.2) is 53.4 Å². The Morgan fingerprint density at radius 3 is 2.45 bits per heavy atom. The highest BCUT2D eigenvalue weighted by Crippen LogP contribution is 2.35. The molecule has 2 N–H and O–H groups in total. The van der Waals surface area contributed by atoms with Gasteiger partial charge in [-0.15, -0.1) is 0 Å². The molecule has 0 saturated carbocycles. The van der Waals surface area contributed by atoms with Gasteiger partial charge in [0.05, 0.1) is 15.6 Å². The molecule has 0 spiro atoms. The molecule has 1 heterocycles. The van der Waals surface area contributed by atoms with Gasteiger partial charge in [0, 0.05) is 46.4 Å². The molecule has 2 amide bonds. The molecule has 0 aliphatic carbocycles. The van der Waals surface area contributed by atoms with Crippen LogP contribution in [0.25, 0.3) is 0 Å². The molecule has 196 valence electrons. The first-order chi connectivity index (χ1) is 18.1. The largest absolute Gasteiger partial charge is 0.505 e. The van der Waals surface area contributed by atoms with Crippen LogP contribution >= 0.6 is 34.8 Å². The van der Waals surface area contributed by atoms with E-state index in [9.17, 15) is 28.1 Å². The first-order valence-electron chi connectivity index (χ1n) is 11.2. The zero-order valence-electron chi connectivity index (χ0n) is 19.5. The van der Waals surface area contributed by atoms with Crippen molar-refractivity contribution in [2.45, 2.75) is 30.3 Å². The summed E-state index contributed by atoms with van der Waals surface area (Å²) in [7, 11) is 0. The van der Waals surface area contributed by atoms with E-state index in [2.05, 4.69) is 5.32 Å². The highest BCUT2D eigenvalue weighted by Gasteiger charge is 2.30. The van der Waals surface area contributed by atoms with Gasteiger partial charge in [0.15, 0.2) is 0 Å². The van der Waals surface area contributed by atoms with E-state index in [1.54, 1.807) is 35.2 Å². The molecule has 1 aliphatic rings. The molecule has 0 bridgehead atoms. The summed E-state index contributed by atoms with van der Waals surface area (Å²) in [5.41, 5.74) is 1.91. The molecule has 3 aromatic rings. The van der Waals surface area contributed by atoms with Gasteiger partial charge in [-0.3, -0.25) is 9.59 Å². The number of rotatable bonds is 7. The Labute approximate surface area is 236 Å². The minimum atomic E-state index is -1.44. The molecule has 1 aliphatic heterocycles. The van der Waals surface area contributed by atoms with E-state index in [4.69, 9.17) is 34.8 Å². The van der Waals surface area contributed by atoms with E-state index < -0.39 is 23.7 Å². The third-order valence-electron chi connectivity index (χ3n) is 6.08. The Morgan fingerprint density at radius 1 is 1.08 bits per heavy atom. The number of fused-ring (bicyclic) bond motifs is 1. The molecular weight excluding hydrogens is 578 g/mol. The van der Waals surface area contributed by atoms with Crippen molar-refractivity contribution in [3.63, 3.8) is 0 Å². The van der Waals surface area contributed by atoms with Crippen molar-refractivity contribution in [1.29, 1.82) is 0 Å². The number of carbonyl (C=O) groups excluding carboxylic acids is 2. The number of benzene rings is 3. The smallest absolute Gasteiger partial charge is 0.480 e. The van der Waals surface area contributed by atoms with Gasteiger partial charge in [0.25, 0.3) is 16.7 Å². The lowest BCUT2D eigenvalue weighted by molar-refractivity contribution is -0.139. The fourth-order valence-electron chi connectivity index (χ4n) is 4.26. The summed E-state index contributed by atoms with van der Waals surface area (Å²) in [6.45, 7) is 0.559. The van der Waals surface area contributed by atoms with Crippen LogP contribution in [0, 0.1) is 5.82 Å². The van der Waals surface area contributed by atoms with Crippen LogP contribution in [0.4, 0.5) is 4.39 Å². The Hall–Kier alpha value is -3.11. The first kappa shape index (κ1) is 27.9. The summed E-state index contributed by atoms with van der Waals surface area (Å²) in [5.74, 6) is -3.06. The maximum Gasteiger partial charge on any atom is 0.505 e. The van der Waals surface area contributed by atoms with Gasteiger partial charge in [0.2, 0.25) is 0 Å². The number of aliphatic carboxylic acids is 1. The van der Waals surface area contributed by atoms with Crippen molar-refractivity contribution in [3.8, 4) is 0 Å². The molecule has 7 nitrogen and oxygen atoms in total. The molecule has 0 radical (unpaired) electrons. The average molecular weight is 597 g/mol. The Kier molecular flexibility index (Phi) is 8.62. The van der Waals surface area contributed by atoms with Crippen molar-refractivity contribution < 1.29 is 28.1 Å². The van der Waals surface area contributed by atoms with Crippen LogP contribution in [0.5, 0.6) is 0 Å². The highest BCUT2D eigenvalue weighted by atomic mass is 35.5. The normalized spacial score (nSPS) is 13.4. The van der Waals surface area contributed by atoms with Crippen molar-refractivity contribution in [2.75, 3.05) is 6.54 Å². The Morgan fingerprint density at radius 2 is 1.79 bits per heavy atom. The molecule has 3 aromatic carbocycles. The van der Waals surface area contributed by atoms with Crippen LogP contribution < -0.4 is 5.32 Å². The Balaban J connectivity index is 1.54. The molecule has 1 atom stereocenters.